The van der Waals surface area contributed by atoms with Gasteiger partial charge in [0.2, 0.25) is 6.41 Å². The zero-order valence-electron chi connectivity index (χ0n) is 15.2. The maximum Gasteiger partial charge on any atom is 0.234 e. The number of amides is 1. The number of carbonyl (C=O) groups excluding carboxylic acids is 1. The number of hydrogen-bond donors (Lipinski definition) is 1. The second-order valence-corrected chi connectivity index (χ2v) is 6.09. The molecule has 7 nitrogen and oxygen atoms in total. The highest BCUT2D eigenvalue weighted by Gasteiger charge is 2.08. The Bertz CT molecular complexity index is 1200. The summed E-state index contributed by atoms with van der Waals surface area (Å²) >= 11 is 0. The van der Waals surface area contributed by atoms with Crippen LogP contribution in [0.15, 0.2) is 79.1 Å². The second-order valence-electron chi connectivity index (χ2n) is 6.09. The number of anilines is 2. The molecular formula is C22H15N5O2. The van der Waals surface area contributed by atoms with Gasteiger partial charge in [-0.15, -0.1) is 0 Å². The van der Waals surface area contributed by atoms with Gasteiger partial charge < -0.3 is 4.74 Å². The normalized spacial score (nSPS) is 10.2. The van der Waals surface area contributed by atoms with E-state index < -0.39 is 0 Å². The predicted octanol–water partition coefficient (Wildman–Crippen LogP) is 4.28. The highest BCUT2D eigenvalue weighted by Crippen LogP contribution is 2.24. The largest absolute Gasteiger partial charge is 0.457 e. The molecule has 140 valence electrons. The molecule has 1 N–H and O–H groups in total. The Labute approximate surface area is 166 Å². The minimum absolute atomic E-state index is 0.283. The molecule has 1 amide bonds. The van der Waals surface area contributed by atoms with E-state index in [0.717, 1.165) is 10.8 Å². The number of nitriles is 1. The summed E-state index contributed by atoms with van der Waals surface area (Å²) in [5, 5.41) is 12.2. The number of carbonyl (C=O) groups is 1. The van der Waals surface area contributed by atoms with E-state index >= 15 is 0 Å². The van der Waals surface area contributed by atoms with E-state index in [9.17, 15) is 4.79 Å². The van der Waals surface area contributed by atoms with Crippen LogP contribution in [0.1, 0.15) is 5.69 Å². The van der Waals surface area contributed by atoms with Crippen molar-refractivity contribution < 1.29 is 9.53 Å². The SMILES string of the molecule is N#Cc1cc(Oc2ccc(NN(C=O)c3cc4ccccc4cn3)cc2)ccn1. The maximum absolute atomic E-state index is 11.6. The zero-order chi connectivity index (χ0) is 20.1. The van der Waals surface area contributed by atoms with E-state index in [2.05, 4.69) is 15.4 Å². The van der Waals surface area contributed by atoms with Gasteiger partial charge in [-0.3, -0.25) is 10.2 Å². The van der Waals surface area contributed by atoms with E-state index in [1.165, 1.54) is 11.2 Å². The van der Waals surface area contributed by atoms with Gasteiger partial charge in [-0.1, -0.05) is 24.3 Å². The highest BCUT2D eigenvalue weighted by atomic mass is 16.5. The number of benzene rings is 2. The molecular weight excluding hydrogens is 366 g/mol. The Balaban J connectivity index is 1.49. The van der Waals surface area contributed by atoms with Crippen LogP contribution in [-0.2, 0) is 4.79 Å². The lowest BCUT2D eigenvalue weighted by Crippen LogP contribution is -2.28. The summed E-state index contributed by atoms with van der Waals surface area (Å²) in [5.74, 6) is 1.60. The topological polar surface area (TPSA) is 91.1 Å². The monoisotopic (exact) mass is 381 g/mol. The number of aromatic nitrogens is 2. The minimum atomic E-state index is 0.283. The van der Waals surface area contributed by atoms with Gasteiger partial charge in [0.05, 0.1) is 5.69 Å². The zero-order valence-corrected chi connectivity index (χ0v) is 15.2. The Morgan fingerprint density at radius 3 is 2.52 bits per heavy atom. The third kappa shape index (κ3) is 4.12. The van der Waals surface area contributed by atoms with E-state index in [1.54, 1.807) is 42.6 Å². The number of rotatable bonds is 6. The third-order valence-corrected chi connectivity index (χ3v) is 4.15. The van der Waals surface area contributed by atoms with Gasteiger partial charge in [-0.2, -0.15) is 5.26 Å². The summed E-state index contributed by atoms with van der Waals surface area (Å²) in [7, 11) is 0. The molecule has 0 aliphatic heterocycles. The van der Waals surface area contributed by atoms with Gasteiger partial charge >= 0.3 is 0 Å². The minimum Gasteiger partial charge on any atom is -0.457 e. The lowest BCUT2D eigenvalue weighted by atomic mass is 10.2. The number of nitrogens with one attached hydrogen (secondary N) is 1. The van der Waals surface area contributed by atoms with Crippen molar-refractivity contribution in [2.45, 2.75) is 0 Å². The molecule has 0 radical (unpaired) electrons. The number of nitrogens with zero attached hydrogens (tertiary/aromatic N) is 4. The third-order valence-electron chi connectivity index (χ3n) is 4.15. The average molecular weight is 381 g/mol. The molecule has 0 unspecified atom stereocenters. The number of fused-ring (bicyclic) bond motifs is 1. The fraction of sp³-hybridized carbons (Fsp3) is 0. The molecule has 29 heavy (non-hydrogen) atoms. The van der Waals surface area contributed by atoms with Gasteiger partial charge in [-0.05, 0) is 41.8 Å². The molecule has 0 saturated carbocycles. The molecule has 0 atom stereocenters. The molecule has 0 aliphatic rings. The van der Waals surface area contributed by atoms with Crippen molar-refractivity contribution in [3.05, 3.63) is 84.8 Å². The first-order valence-corrected chi connectivity index (χ1v) is 8.75. The fourth-order valence-electron chi connectivity index (χ4n) is 2.75. The Morgan fingerprint density at radius 2 is 1.76 bits per heavy atom. The molecule has 4 aromatic rings. The van der Waals surface area contributed by atoms with Crippen molar-refractivity contribution in [2.75, 3.05) is 10.4 Å². The smallest absolute Gasteiger partial charge is 0.234 e. The van der Waals surface area contributed by atoms with Crippen LogP contribution >= 0.6 is 0 Å². The fourth-order valence-corrected chi connectivity index (χ4v) is 2.75. The standard InChI is InChI=1S/C22H15N5O2/c23-13-19-12-21(9-10-24-19)29-20-7-5-18(6-8-20)26-27(15-28)22-11-16-3-1-2-4-17(16)14-25-22/h1-12,14-15,26H. The molecule has 7 heteroatoms. The van der Waals surface area contributed by atoms with E-state index in [1.807, 2.05) is 36.4 Å². The molecule has 0 spiro atoms. The van der Waals surface area contributed by atoms with Gasteiger partial charge in [0, 0.05) is 23.8 Å². The van der Waals surface area contributed by atoms with Crippen molar-refractivity contribution in [3.63, 3.8) is 0 Å². The first kappa shape index (κ1) is 17.9. The number of pyridine rings is 2. The molecule has 0 saturated heterocycles. The van der Waals surface area contributed by atoms with Crippen molar-refractivity contribution in [3.8, 4) is 17.6 Å². The Morgan fingerprint density at radius 1 is 0.966 bits per heavy atom. The maximum atomic E-state index is 11.6. The van der Waals surface area contributed by atoms with Gasteiger partial charge in [0.15, 0.2) is 5.82 Å². The van der Waals surface area contributed by atoms with E-state index in [0.29, 0.717) is 29.4 Å². The first-order valence-electron chi connectivity index (χ1n) is 8.75. The van der Waals surface area contributed by atoms with Crippen molar-refractivity contribution >= 4 is 28.7 Å². The van der Waals surface area contributed by atoms with Crippen LogP contribution in [0.3, 0.4) is 0 Å². The van der Waals surface area contributed by atoms with Crippen molar-refractivity contribution in [1.29, 1.82) is 5.26 Å². The van der Waals surface area contributed by atoms with Gasteiger partial charge in [0.1, 0.15) is 23.3 Å². The Hall–Kier alpha value is -4.44. The number of hydrogen-bond acceptors (Lipinski definition) is 6. The molecule has 2 heterocycles. The number of hydrazine groups is 1. The molecule has 0 bridgehead atoms. The predicted molar refractivity (Wildman–Crippen MR) is 109 cm³/mol. The second kappa shape index (κ2) is 8.06. The average Bonchev–Trinajstić information content (AvgIpc) is 2.78. The summed E-state index contributed by atoms with van der Waals surface area (Å²) < 4.78 is 5.73. The van der Waals surface area contributed by atoms with Gasteiger partial charge in [0.25, 0.3) is 0 Å². The summed E-state index contributed by atoms with van der Waals surface area (Å²) in [6.45, 7) is 0. The van der Waals surface area contributed by atoms with Crippen LogP contribution in [0.4, 0.5) is 11.5 Å². The van der Waals surface area contributed by atoms with Crippen LogP contribution in [0.25, 0.3) is 10.8 Å². The van der Waals surface area contributed by atoms with E-state index in [-0.39, 0.29) is 5.69 Å². The lowest BCUT2D eigenvalue weighted by molar-refractivity contribution is -0.107. The van der Waals surface area contributed by atoms with Crippen LogP contribution in [-0.4, -0.2) is 16.4 Å². The molecule has 2 aromatic heterocycles. The van der Waals surface area contributed by atoms with Crippen LogP contribution in [0.5, 0.6) is 11.5 Å². The lowest BCUT2D eigenvalue weighted by Gasteiger charge is -2.19. The van der Waals surface area contributed by atoms with Crippen LogP contribution in [0.2, 0.25) is 0 Å². The quantitative estimate of drug-likeness (QED) is 0.396. The summed E-state index contributed by atoms with van der Waals surface area (Å²) in [5.41, 5.74) is 3.98. The van der Waals surface area contributed by atoms with Crippen LogP contribution in [0, 0.1) is 11.3 Å². The van der Waals surface area contributed by atoms with Gasteiger partial charge in [-0.25, -0.2) is 15.0 Å². The summed E-state index contributed by atoms with van der Waals surface area (Å²) in [6.07, 6.45) is 3.91. The van der Waals surface area contributed by atoms with E-state index in [4.69, 9.17) is 10.00 Å². The Kier molecular flexibility index (Phi) is 4.99. The highest BCUT2D eigenvalue weighted by molar-refractivity contribution is 5.87. The molecule has 4 rings (SSSR count). The van der Waals surface area contributed by atoms with Crippen molar-refractivity contribution in [2.24, 2.45) is 0 Å². The molecule has 0 aliphatic carbocycles. The summed E-state index contributed by atoms with van der Waals surface area (Å²) in [6, 6.07) is 21.9. The summed E-state index contributed by atoms with van der Waals surface area (Å²) in [4.78, 5) is 19.8. The molecule has 2 aromatic carbocycles. The molecule has 0 fully saturated rings. The number of ether oxygens (including phenoxy) is 1. The van der Waals surface area contributed by atoms with Crippen molar-refractivity contribution in [1.82, 2.24) is 9.97 Å². The van der Waals surface area contributed by atoms with Crippen LogP contribution < -0.4 is 15.2 Å². The first-order chi connectivity index (χ1) is 14.2.